The zero-order valence-corrected chi connectivity index (χ0v) is 11.1. The minimum atomic E-state index is -0.870. The minimum Gasteiger partial charge on any atom is -0.481 e. The van der Waals surface area contributed by atoms with Crippen LogP contribution in [0.2, 0.25) is 0 Å². The third-order valence-electron chi connectivity index (χ3n) is 3.16. The number of urea groups is 1. The van der Waals surface area contributed by atoms with Gasteiger partial charge in [0.2, 0.25) is 5.91 Å². The maximum atomic E-state index is 11.6. The summed E-state index contributed by atoms with van der Waals surface area (Å²) in [5, 5.41) is 16.8. The molecule has 2 atom stereocenters. The van der Waals surface area contributed by atoms with Crippen molar-refractivity contribution in [2.45, 2.75) is 38.6 Å². The van der Waals surface area contributed by atoms with E-state index in [9.17, 15) is 14.4 Å². The van der Waals surface area contributed by atoms with E-state index in [1.807, 2.05) is 6.92 Å². The van der Waals surface area contributed by atoms with Crippen LogP contribution in [0.5, 0.6) is 0 Å². The van der Waals surface area contributed by atoms with E-state index in [0.717, 1.165) is 6.42 Å². The van der Waals surface area contributed by atoms with Crippen LogP contribution in [-0.4, -0.2) is 42.1 Å². The van der Waals surface area contributed by atoms with Crippen LogP contribution in [0, 0.1) is 5.92 Å². The highest BCUT2D eigenvalue weighted by molar-refractivity contribution is 5.79. The summed E-state index contributed by atoms with van der Waals surface area (Å²) in [6.07, 6.45) is 2.30. The van der Waals surface area contributed by atoms with Gasteiger partial charge in [0, 0.05) is 25.6 Å². The quantitative estimate of drug-likeness (QED) is 0.548. The largest absolute Gasteiger partial charge is 0.481 e. The molecule has 1 aliphatic rings. The van der Waals surface area contributed by atoms with Crippen molar-refractivity contribution in [2.24, 2.45) is 5.92 Å². The topological polar surface area (TPSA) is 108 Å². The number of carboxylic acid groups (broad SMARTS) is 1. The van der Waals surface area contributed by atoms with E-state index < -0.39 is 17.9 Å². The van der Waals surface area contributed by atoms with Gasteiger partial charge in [0.05, 0.1) is 5.92 Å². The smallest absolute Gasteiger partial charge is 0.315 e. The Morgan fingerprint density at radius 2 is 1.95 bits per heavy atom. The second-order valence-electron chi connectivity index (χ2n) is 4.59. The zero-order chi connectivity index (χ0) is 14.3. The molecule has 7 heteroatoms. The molecule has 0 aromatic carbocycles. The first kappa shape index (κ1) is 15.3. The number of carbonyl (C=O) groups excluding carboxylic acids is 2. The molecule has 4 N–H and O–H groups in total. The number of hydrogen-bond acceptors (Lipinski definition) is 3. The molecule has 0 aromatic rings. The fourth-order valence-electron chi connectivity index (χ4n) is 2.22. The van der Waals surface area contributed by atoms with Gasteiger partial charge >= 0.3 is 12.0 Å². The lowest BCUT2D eigenvalue weighted by atomic mass is 10.0. The number of nitrogens with one attached hydrogen (secondary N) is 3. The van der Waals surface area contributed by atoms with Gasteiger partial charge in [-0.2, -0.15) is 0 Å². The lowest BCUT2D eigenvalue weighted by Crippen LogP contribution is -2.46. The molecule has 0 aliphatic heterocycles. The average Bonchev–Trinajstić information content (AvgIpc) is 2.77. The van der Waals surface area contributed by atoms with E-state index in [-0.39, 0.29) is 24.9 Å². The molecule has 19 heavy (non-hydrogen) atoms. The highest BCUT2D eigenvalue weighted by Crippen LogP contribution is 2.25. The molecule has 0 radical (unpaired) electrons. The Hall–Kier alpha value is -1.79. The van der Waals surface area contributed by atoms with Crippen LogP contribution in [-0.2, 0) is 9.59 Å². The Kier molecular flexibility index (Phi) is 6.11. The Balaban J connectivity index is 2.24. The molecule has 0 saturated heterocycles. The first-order valence-corrected chi connectivity index (χ1v) is 6.58. The van der Waals surface area contributed by atoms with Crippen molar-refractivity contribution in [3.63, 3.8) is 0 Å². The van der Waals surface area contributed by atoms with Gasteiger partial charge in [-0.15, -0.1) is 0 Å². The van der Waals surface area contributed by atoms with Gasteiger partial charge in [0.15, 0.2) is 0 Å². The molecule has 3 amide bonds. The molecule has 0 bridgehead atoms. The summed E-state index contributed by atoms with van der Waals surface area (Å²) >= 11 is 0. The summed E-state index contributed by atoms with van der Waals surface area (Å²) in [6.45, 7) is 2.62. The Labute approximate surface area is 112 Å². The van der Waals surface area contributed by atoms with E-state index >= 15 is 0 Å². The van der Waals surface area contributed by atoms with Crippen LogP contribution < -0.4 is 16.0 Å². The fourth-order valence-corrected chi connectivity index (χ4v) is 2.22. The van der Waals surface area contributed by atoms with Crippen molar-refractivity contribution < 1.29 is 19.5 Å². The summed E-state index contributed by atoms with van der Waals surface area (Å²) in [5.41, 5.74) is 0. The maximum absolute atomic E-state index is 11.6. The summed E-state index contributed by atoms with van der Waals surface area (Å²) in [7, 11) is 0. The molecular weight excluding hydrogens is 250 g/mol. The van der Waals surface area contributed by atoms with Gasteiger partial charge < -0.3 is 21.1 Å². The number of rotatable bonds is 6. The summed E-state index contributed by atoms with van der Waals surface area (Å²) < 4.78 is 0. The third-order valence-corrected chi connectivity index (χ3v) is 3.16. The van der Waals surface area contributed by atoms with Gasteiger partial charge in [0.1, 0.15) is 0 Å². The van der Waals surface area contributed by atoms with Crippen LogP contribution in [0.1, 0.15) is 32.6 Å². The predicted octanol–water partition coefficient (Wildman–Crippen LogP) is 0.0651. The standard InChI is InChI=1S/C12H21N3O4/c1-2-13-10(16)6-7-14-12(19)15-9-5-3-4-8(9)11(17)18/h8-9H,2-7H2,1H3,(H,13,16)(H,17,18)(H2,14,15,19). The number of hydrogen-bond donors (Lipinski definition) is 4. The molecule has 1 fully saturated rings. The van der Waals surface area contributed by atoms with Crippen molar-refractivity contribution in [2.75, 3.05) is 13.1 Å². The highest BCUT2D eigenvalue weighted by Gasteiger charge is 2.33. The van der Waals surface area contributed by atoms with Gasteiger partial charge in [-0.25, -0.2) is 4.79 Å². The van der Waals surface area contributed by atoms with Crippen molar-refractivity contribution in [3.05, 3.63) is 0 Å². The lowest BCUT2D eigenvalue weighted by molar-refractivity contribution is -0.142. The first-order chi connectivity index (χ1) is 9.04. The molecule has 0 heterocycles. The van der Waals surface area contributed by atoms with E-state index in [0.29, 0.717) is 19.4 Å². The van der Waals surface area contributed by atoms with Gasteiger partial charge in [-0.05, 0) is 19.8 Å². The number of aliphatic carboxylic acids is 1. The van der Waals surface area contributed by atoms with E-state index in [2.05, 4.69) is 16.0 Å². The Morgan fingerprint density at radius 1 is 1.21 bits per heavy atom. The van der Waals surface area contributed by atoms with Gasteiger partial charge in [0.25, 0.3) is 0 Å². The number of carboxylic acids is 1. The molecule has 0 spiro atoms. The second kappa shape index (κ2) is 7.60. The molecule has 108 valence electrons. The molecule has 1 rings (SSSR count). The predicted molar refractivity (Wildman–Crippen MR) is 68.6 cm³/mol. The van der Waals surface area contributed by atoms with Crippen LogP contribution in [0.4, 0.5) is 4.79 Å². The van der Waals surface area contributed by atoms with E-state index in [1.165, 1.54) is 0 Å². The molecule has 2 unspecified atom stereocenters. The minimum absolute atomic E-state index is 0.118. The van der Waals surface area contributed by atoms with Gasteiger partial charge in [-0.3, -0.25) is 9.59 Å². The van der Waals surface area contributed by atoms with Crippen LogP contribution in [0.15, 0.2) is 0 Å². The number of amides is 3. The summed E-state index contributed by atoms with van der Waals surface area (Å²) in [6, 6.07) is -0.732. The van der Waals surface area contributed by atoms with E-state index in [4.69, 9.17) is 5.11 Å². The van der Waals surface area contributed by atoms with Crippen LogP contribution in [0.3, 0.4) is 0 Å². The summed E-state index contributed by atoms with van der Waals surface area (Å²) in [4.78, 5) is 33.7. The molecule has 1 aliphatic carbocycles. The van der Waals surface area contributed by atoms with Crippen molar-refractivity contribution in [3.8, 4) is 0 Å². The maximum Gasteiger partial charge on any atom is 0.315 e. The van der Waals surface area contributed by atoms with E-state index in [1.54, 1.807) is 0 Å². The van der Waals surface area contributed by atoms with Crippen molar-refractivity contribution >= 4 is 17.9 Å². The first-order valence-electron chi connectivity index (χ1n) is 6.58. The zero-order valence-electron chi connectivity index (χ0n) is 11.1. The average molecular weight is 271 g/mol. The second-order valence-corrected chi connectivity index (χ2v) is 4.59. The molecule has 0 aromatic heterocycles. The monoisotopic (exact) mass is 271 g/mol. The van der Waals surface area contributed by atoms with Crippen LogP contribution >= 0.6 is 0 Å². The molecule has 7 nitrogen and oxygen atoms in total. The Bertz CT molecular complexity index is 346. The summed E-state index contributed by atoms with van der Waals surface area (Å²) in [5.74, 6) is -1.49. The Morgan fingerprint density at radius 3 is 2.58 bits per heavy atom. The molecule has 1 saturated carbocycles. The van der Waals surface area contributed by atoms with Gasteiger partial charge in [-0.1, -0.05) is 6.42 Å². The SMILES string of the molecule is CCNC(=O)CCNC(=O)NC1CCCC1C(=O)O. The van der Waals surface area contributed by atoms with Crippen molar-refractivity contribution in [1.29, 1.82) is 0 Å². The lowest BCUT2D eigenvalue weighted by Gasteiger charge is -2.17. The molecular formula is C12H21N3O4. The third kappa shape index (κ3) is 5.15. The number of carbonyl (C=O) groups is 3. The fraction of sp³-hybridized carbons (Fsp3) is 0.750. The van der Waals surface area contributed by atoms with Crippen LogP contribution in [0.25, 0.3) is 0 Å². The van der Waals surface area contributed by atoms with Crippen molar-refractivity contribution in [1.82, 2.24) is 16.0 Å². The normalized spacial score (nSPS) is 21.7. The highest BCUT2D eigenvalue weighted by atomic mass is 16.4.